The van der Waals surface area contributed by atoms with Crippen LogP contribution in [0.5, 0.6) is 0 Å². The van der Waals surface area contributed by atoms with Gasteiger partial charge in [0.1, 0.15) is 5.78 Å². The molecule has 82 valence electrons. The van der Waals surface area contributed by atoms with Crippen LogP contribution in [0, 0.1) is 23.2 Å². The molecule has 2 aliphatic rings. The average Bonchev–Trinajstić information content (AvgIpc) is 2.49. The second kappa shape index (κ2) is 2.94. The quantitative estimate of drug-likeness (QED) is 0.745. The second-order valence-corrected chi connectivity index (χ2v) is 5.26. The van der Waals surface area contributed by atoms with Gasteiger partial charge in [0.2, 0.25) is 5.91 Å². The van der Waals surface area contributed by atoms with Gasteiger partial charge in [-0.1, -0.05) is 19.9 Å². The lowest BCUT2D eigenvalue weighted by atomic mass is 9.91. The molecule has 0 aromatic rings. The Morgan fingerprint density at radius 2 is 1.93 bits per heavy atom. The zero-order valence-electron chi connectivity index (χ0n) is 9.63. The fourth-order valence-corrected chi connectivity index (χ4v) is 2.96. The summed E-state index contributed by atoms with van der Waals surface area (Å²) in [5.41, 5.74) is 1.06. The fraction of sp³-hybridized carbons (Fsp3) is 0.667. The van der Waals surface area contributed by atoms with E-state index in [0.717, 1.165) is 5.70 Å². The van der Waals surface area contributed by atoms with Crippen molar-refractivity contribution in [1.29, 1.82) is 0 Å². The average molecular weight is 207 g/mol. The lowest BCUT2D eigenvalue weighted by Gasteiger charge is -2.18. The summed E-state index contributed by atoms with van der Waals surface area (Å²) in [6, 6.07) is 0. The number of hydrogen-bond donors (Lipinski definition) is 1. The Morgan fingerprint density at radius 1 is 1.33 bits per heavy atom. The standard InChI is InChI=1S/C12H17NO2/c1-6(14)10-9(13-7(2)15)5-8-11(10)12(8,3)4/h5,8,10-11H,1-4H3,(H,13,15). The summed E-state index contributed by atoms with van der Waals surface area (Å²) in [6.07, 6.45) is 2.07. The third-order valence-electron chi connectivity index (χ3n) is 3.81. The first kappa shape index (κ1) is 10.4. The van der Waals surface area contributed by atoms with Crippen molar-refractivity contribution >= 4 is 11.7 Å². The number of Topliss-reactive ketones (excluding diaryl/α,β-unsaturated/α-hetero) is 1. The maximum absolute atomic E-state index is 11.6. The van der Waals surface area contributed by atoms with Crippen LogP contribution in [0.15, 0.2) is 11.8 Å². The van der Waals surface area contributed by atoms with Crippen LogP contribution in [0.1, 0.15) is 27.7 Å². The number of fused-ring (bicyclic) bond motifs is 1. The summed E-state index contributed by atoms with van der Waals surface area (Å²) < 4.78 is 0. The van der Waals surface area contributed by atoms with Crippen molar-refractivity contribution in [3.8, 4) is 0 Å². The molecule has 3 atom stereocenters. The zero-order valence-corrected chi connectivity index (χ0v) is 9.63. The van der Waals surface area contributed by atoms with E-state index in [1.165, 1.54) is 6.92 Å². The molecule has 0 radical (unpaired) electrons. The Hall–Kier alpha value is -1.12. The predicted molar refractivity (Wildman–Crippen MR) is 56.8 cm³/mol. The molecule has 0 spiro atoms. The largest absolute Gasteiger partial charge is 0.330 e. The highest BCUT2D eigenvalue weighted by Gasteiger charge is 2.65. The molecule has 3 nitrogen and oxygen atoms in total. The molecule has 2 aliphatic carbocycles. The van der Waals surface area contributed by atoms with Crippen LogP contribution < -0.4 is 5.32 Å². The highest BCUT2D eigenvalue weighted by Crippen LogP contribution is 2.67. The van der Waals surface area contributed by atoms with Gasteiger partial charge in [-0.25, -0.2) is 0 Å². The Labute approximate surface area is 89.9 Å². The van der Waals surface area contributed by atoms with E-state index in [4.69, 9.17) is 0 Å². The Bertz CT molecular complexity index is 368. The van der Waals surface area contributed by atoms with E-state index in [9.17, 15) is 9.59 Å². The van der Waals surface area contributed by atoms with Gasteiger partial charge < -0.3 is 5.32 Å². The normalized spacial score (nSPS) is 35.5. The van der Waals surface area contributed by atoms with Gasteiger partial charge in [-0.2, -0.15) is 0 Å². The number of rotatable bonds is 2. The third kappa shape index (κ3) is 1.41. The number of nitrogens with one attached hydrogen (secondary N) is 1. The molecule has 1 N–H and O–H groups in total. The maximum atomic E-state index is 11.6. The number of amides is 1. The molecule has 1 fully saturated rings. The molecule has 0 bridgehead atoms. The van der Waals surface area contributed by atoms with Crippen LogP contribution in [0.2, 0.25) is 0 Å². The molecule has 0 aromatic heterocycles. The van der Waals surface area contributed by atoms with Crippen molar-refractivity contribution in [2.75, 3.05) is 0 Å². The molecule has 0 aliphatic heterocycles. The van der Waals surface area contributed by atoms with Crippen molar-refractivity contribution < 1.29 is 9.59 Å². The van der Waals surface area contributed by atoms with Crippen LogP contribution in [0.25, 0.3) is 0 Å². The molecule has 15 heavy (non-hydrogen) atoms. The smallest absolute Gasteiger partial charge is 0.221 e. The van der Waals surface area contributed by atoms with E-state index in [1.807, 2.05) is 0 Å². The minimum absolute atomic E-state index is 0.0890. The Kier molecular flexibility index (Phi) is 2.04. The second-order valence-electron chi connectivity index (χ2n) is 5.26. The number of ketones is 1. The van der Waals surface area contributed by atoms with Crippen molar-refractivity contribution in [2.45, 2.75) is 27.7 Å². The van der Waals surface area contributed by atoms with Crippen LogP contribution in [-0.4, -0.2) is 11.7 Å². The van der Waals surface area contributed by atoms with Crippen molar-refractivity contribution in [3.05, 3.63) is 11.8 Å². The van der Waals surface area contributed by atoms with Crippen LogP contribution in [0.4, 0.5) is 0 Å². The zero-order chi connectivity index (χ0) is 11.4. The van der Waals surface area contributed by atoms with Gasteiger partial charge in [-0.15, -0.1) is 0 Å². The molecule has 0 heterocycles. The van der Waals surface area contributed by atoms with E-state index in [1.54, 1.807) is 6.92 Å². The summed E-state index contributed by atoms with van der Waals surface area (Å²) in [5.74, 6) is 0.846. The summed E-state index contributed by atoms with van der Waals surface area (Å²) in [7, 11) is 0. The van der Waals surface area contributed by atoms with Gasteiger partial charge >= 0.3 is 0 Å². The molecule has 1 amide bonds. The maximum Gasteiger partial charge on any atom is 0.221 e. The molecule has 3 unspecified atom stereocenters. The first-order chi connectivity index (χ1) is 6.85. The monoisotopic (exact) mass is 207 g/mol. The summed E-state index contributed by atoms with van der Waals surface area (Å²) in [5, 5.41) is 2.77. The highest BCUT2D eigenvalue weighted by molar-refractivity contribution is 5.85. The molecule has 3 heteroatoms. The minimum atomic E-state index is -0.0911. The molecular formula is C12H17NO2. The van der Waals surface area contributed by atoms with Crippen molar-refractivity contribution in [2.24, 2.45) is 23.2 Å². The summed E-state index contributed by atoms with van der Waals surface area (Å²) in [4.78, 5) is 22.6. The Balaban J connectivity index is 2.23. The van der Waals surface area contributed by atoms with Gasteiger partial charge in [-0.05, 0) is 24.2 Å². The van der Waals surface area contributed by atoms with Crippen molar-refractivity contribution in [3.63, 3.8) is 0 Å². The molecule has 0 saturated heterocycles. The molecular weight excluding hydrogens is 190 g/mol. The Morgan fingerprint density at radius 3 is 2.40 bits per heavy atom. The van der Waals surface area contributed by atoms with E-state index < -0.39 is 0 Å². The number of hydrogen-bond acceptors (Lipinski definition) is 2. The number of carbonyl (C=O) groups excluding carboxylic acids is 2. The lowest BCUT2D eigenvalue weighted by molar-refractivity contribution is -0.121. The van der Waals surface area contributed by atoms with Gasteiger partial charge in [0.15, 0.2) is 0 Å². The van der Waals surface area contributed by atoms with Crippen LogP contribution in [0.3, 0.4) is 0 Å². The first-order valence-corrected chi connectivity index (χ1v) is 5.35. The number of allylic oxidation sites excluding steroid dienone is 2. The van der Waals surface area contributed by atoms with E-state index >= 15 is 0 Å². The SMILES string of the molecule is CC(=O)NC1=CC2C(C1C(C)=O)C2(C)C. The highest BCUT2D eigenvalue weighted by atomic mass is 16.1. The topological polar surface area (TPSA) is 46.2 Å². The number of carbonyl (C=O) groups is 2. The molecule has 0 aromatic carbocycles. The van der Waals surface area contributed by atoms with E-state index in [2.05, 4.69) is 25.2 Å². The van der Waals surface area contributed by atoms with Crippen molar-refractivity contribution in [1.82, 2.24) is 5.32 Å². The van der Waals surface area contributed by atoms with E-state index in [0.29, 0.717) is 11.8 Å². The molecule has 2 rings (SSSR count). The lowest BCUT2D eigenvalue weighted by Crippen LogP contribution is -2.29. The minimum Gasteiger partial charge on any atom is -0.330 e. The van der Waals surface area contributed by atoms with Gasteiger partial charge in [-0.3, -0.25) is 9.59 Å². The van der Waals surface area contributed by atoms with Gasteiger partial charge in [0.05, 0.1) is 5.92 Å². The molecule has 1 saturated carbocycles. The van der Waals surface area contributed by atoms with Gasteiger partial charge in [0, 0.05) is 12.6 Å². The van der Waals surface area contributed by atoms with Crippen LogP contribution >= 0.6 is 0 Å². The first-order valence-electron chi connectivity index (χ1n) is 5.35. The predicted octanol–water partition coefficient (Wildman–Crippen LogP) is 1.50. The summed E-state index contributed by atoms with van der Waals surface area (Å²) in [6.45, 7) is 7.45. The summed E-state index contributed by atoms with van der Waals surface area (Å²) >= 11 is 0. The fourth-order valence-electron chi connectivity index (χ4n) is 2.96. The van der Waals surface area contributed by atoms with Gasteiger partial charge in [0.25, 0.3) is 0 Å². The van der Waals surface area contributed by atoms with Crippen LogP contribution in [-0.2, 0) is 9.59 Å². The third-order valence-corrected chi connectivity index (χ3v) is 3.81. The van der Waals surface area contributed by atoms with E-state index in [-0.39, 0.29) is 23.0 Å².